The summed E-state index contributed by atoms with van der Waals surface area (Å²) in [5, 5.41) is 8.92. The van der Waals surface area contributed by atoms with Crippen LogP contribution in [0.2, 0.25) is 5.02 Å². The summed E-state index contributed by atoms with van der Waals surface area (Å²) < 4.78 is 17.1. The zero-order valence-corrected chi connectivity index (χ0v) is 7.43. The van der Waals surface area contributed by atoms with Crippen molar-refractivity contribution in [3.05, 3.63) is 28.5 Å². The normalized spacial score (nSPS) is 9.77. The molecule has 0 fully saturated rings. The van der Waals surface area contributed by atoms with Crippen molar-refractivity contribution in [2.24, 2.45) is 0 Å². The minimum absolute atomic E-state index is 0.245. The molecular weight excluding hydrogens is 199 g/mol. The molecule has 0 aliphatic rings. The van der Waals surface area contributed by atoms with Gasteiger partial charge in [-0.25, -0.2) is 9.18 Å². The summed E-state index contributed by atoms with van der Waals surface area (Å²) in [5.74, 6) is -1.99. The standard InChI is InChI=1S/C8H6ClFO3/c1-13-8(12)4-2-6(10)5(9)3-7(4)11/h2-3,11H,1H3. The SMILES string of the molecule is COC(=O)c1cc(F)c(Cl)cc1O. The Morgan fingerprint density at radius 1 is 1.62 bits per heavy atom. The summed E-state index contributed by atoms with van der Waals surface area (Å²) in [5.41, 5.74) is -0.246. The van der Waals surface area contributed by atoms with Gasteiger partial charge in [0, 0.05) is 6.07 Å². The van der Waals surface area contributed by atoms with E-state index in [1.165, 1.54) is 0 Å². The molecule has 3 nitrogen and oxygen atoms in total. The van der Waals surface area contributed by atoms with Gasteiger partial charge in [-0.15, -0.1) is 0 Å². The van der Waals surface area contributed by atoms with Crippen molar-refractivity contribution < 1.29 is 19.0 Å². The molecule has 5 heteroatoms. The van der Waals surface area contributed by atoms with Crippen molar-refractivity contribution >= 4 is 17.6 Å². The molecule has 0 heterocycles. The Morgan fingerprint density at radius 3 is 2.77 bits per heavy atom. The molecule has 13 heavy (non-hydrogen) atoms. The lowest BCUT2D eigenvalue weighted by Gasteiger charge is -2.03. The van der Waals surface area contributed by atoms with E-state index in [1.807, 2.05) is 0 Å². The fourth-order valence-corrected chi connectivity index (χ4v) is 0.968. The van der Waals surface area contributed by atoms with Gasteiger partial charge >= 0.3 is 5.97 Å². The number of phenolic OH excluding ortho intramolecular Hbond substituents is 1. The first-order valence-corrected chi connectivity index (χ1v) is 3.70. The maximum absolute atomic E-state index is 12.8. The number of halogens is 2. The van der Waals surface area contributed by atoms with Crippen LogP contribution in [0, 0.1) is 5.82 Å². The van der Waals surface area contributed by atoms with Crippen LogP contribution in [0.25, 0.3) is 0 Å². The van der Waals surface area contributed by atoms with Crippen molar-refractivity contribution in [3.8, 4) is 5.75 Å². The van der Waals surface area contributed by atoms with Gasteiger partial charge < -0.3 is 9.84 Å². The van der Waals surface area contributed by atoms with E-state index in [0.717, 1.165) is 19.2 Å². The number of rotatable bonds is 1. The van der Waals surface area contributed by atoms with E-state index in [-0.39, 0.29) is 10.6 Å². The largest absolute Gasteiger partial charge is 0.507 e. The summed E-state index contributed by atoms with van der Waals surface area (Å²) in [4.78, 5) is 10.9. The molecule has 0 radical (unpaired) electrons. The van der Waals surface area contributed by atoms with E-state index < -0.39 is 17.5 Å². The molecule has 0 amide bonds. The third kappa shape index (κ3) is 1.89. The first-order chi connectivity index (χ1) is 6.06. The quantitative estimate of drug-likeness (QED) is 0.712. The highest BCUT2D eigenvalue weighted by molar-refractivity contribution is 6.31. The number of hydrogen-bond donors (Lipinski definition) is 1. The Bertz CT molecular complexity index is 351. The van der Waals surface area contributed by atoms with Gasteiger partial charge in [0.15, 0.2) is 0 Å². The zero-order chi connectivity index (χ0) is 10.0. The van der Waals surface area contributed by atoms with Crippen molar-refractivity contribution in [2.75, 3.05) is 7.11 Å². The minimum Gasteiger partial charge on any atom is -0.507 e. The smallest absolute Gasteiger partial charge is 0.341 e. The van der Waals surface area contributed by atoms with Gasteiger partial charge in [-0.3, -0.25) is 0 Å². The lowest BCUT2D eigenvalue weighted by Crippen LogP contribution is -2.02. The van der Waals surface area contributed by atoms with E-state index in [4.69, 9.17) is 16.7 Å². The third-order valence-corrected chi connectivity index (χ3v) is 1.73. The highest BCUT2D eigenvalue weighted by Crippen LogP contribution is 2.25. The fourth-order valence-electron chi connectivity index (χ4n) is 0.810. The number of ether oxygens (including phenoxy) is 1. The molecule has 0 aliphatic heterocycles. The van der Waals surface area contributed by atoms with Gasteiger partial charge in [0.05, 0.1) is 12.1 Å². The second-order valence-electron chi connectivity index (χ2n) is 2.28. The number of hydrogen-bond acceptors (Lipinski definition) is 3. The number of esters is 1. The molecule has 0 unspecified atom stereocenters. The van der Waals surface area contributed by atoms with Gasteiger partial charge in [-0.2, -0.15) is 0 Å². The van der Waals surface area contributed by atoms with Crippen molar-refractivity contribution in [3.63, 3.8) is 0 Å². The van der Waals surface area contributed by atoms with Gasteiger partial charge in [-0.05, 0) is 6.07 Å². The van der Waals surface area contributed by atoms with Gasteiger partial charge in [0.1, 0.15) is 17.1 Å². The number of carbonyl (C=O) groups is 1. The molecule has 0 saturated heterocycles. The molecule has 1 aromatic carbocycles. The van der Waals surface area contributed by atoms with Crippen molar-refractivity contribution in [2.45, 2.75) is 0 Å². The average molecular weight is 205 g/mol. The highest BCUT2D eigenvalue weighted by atomic mass is 35.5. The summed E-state index contributed by atoms with van der Waals surface area (Å²) >= 11 is 5.35. The highest BCUT2D eigenvalue weighted by Gasteiger charge is 2.14. The second-order valence-corrected chi connectivity index (χ2v) is 2.68. The van der Waals surface area contributed by atoms with Gasteiger partial charge in [0.2, 0.25) is 0 Å². The summed E-state index contributed by atoms with van der Waals surface area (Å²) in [6.45, 7) is 0. The number of carbonyl (C=O) groups excluding carboxylic acids is 1. The van der Waals surface area contributed by atoms with Gasteiger partial charge in [0.25, 0.3) is 0 Å². The summed E-state index contributed by atoms with van der Waals surface area (Å²) in [7, 11) is 1.13. The molecule has 0 bridgehead atoms. The van der Waals surface area contributed by atoms with Crippen LogP contribution in [0.15, 0.2) is 12.1 Å². The Kier molecular flexibility index (Phi) is 2.72. The second kappa shape index (κ2) is 3.62. The topological polar surface area (TPSA) is 46.5 Å². The molecule has 0 aliphatic carbocycles. The first-order valence-electron chi connectivity index (χ1n) is 3.32. The summed E-state index contributed by atoms with van der Waals surface area (Å²) in [6.07, 6.45) is 0. The van der Waals surface area contributed by atoms with Gasteiger partial charge in [-0.1, -0.05) is 11.6 Å². The minimum atomic E-state index is -0.812. The monoisotopic (exact) mass is 204 g/mol. The van der Waals surface area contributed by atoms with E-state index in [1.54, 1.807) is 0 Å². The van der Waals surface area contributed by atoms with Crippen LogP contribution in [-0.2, 0) is 4.74 Å². The van der Waals surface area contributed by atoms with Crippen LogP contribution in [0.1, 0.15) is 10.4 Å². The van der Waals surface area contributed by atoms with E-state index in [0.29, 0.717) is 0 Å². The lowest BCUT2D eigenvalue weighted by atomic mass is 10.2. The Labute approximate surface area is 78.7 Å². The molecule has 0 spiro atoms. The van der Waals surface area contributed by atoms with E-state index in [2.05, 4.69) is 4.74 Å². The van der Waals surface area contributed by atoms with Crippen LogP contribution >= 0.6 is 11.6 Å². The Morgan fingerprint density at radius 2 is 2.23 bits per heavy atom. The molecule has 0 atom stereocenters. The van der Waals surface area contributed by atoms with Crippen LogP contribution in [-0.4, -0.2) is 18.2 Å². The molecule has 0 aromatic heterocycles. The van der Waals surface area contributed by atoms with Crippen LogP contribution < -0.4 is 0 Å². The number of benzene rings is 1. The Balaban J connectivity index is 3.23. The molecule has 0 saturated carbocycles. The maximum Gasteiger partial charge on any atom is 0.341 e. The first kappa shape index (κ1) is 9.80. The number of phenols is 1. The predicted molar refractivity (Wildman–Crippen MR) is 44.4 cm³/mol. The zero-order valence-electron chi connectivity index (χ0n) is 6.67. The maximum atomic E-state index is 12.8. The average Bonchev–Trinajstić information content (AvgIpc) is 2.10. The molecule has 1 rings (SSSR count). The number of aromatic hydroxyl groups is 1. The van der Waals surface area contributed by atoms with Crippen molar-refractivity contribution in [1.29, 1.82) is 0 Å². The molecule has 1 N–H and O–H groups in total. The molecular formula is C8H6ClFO3. The lowest BCUT2D eigenvalue weighted by molar-refractivity contribution is 0.0597. The predicted octanol–water partition coefficient (Wildman–Crippen LogP) is 1.97. The summed E-state index contributed by atoms with van der Waals surface area (Å²) in [6, 6.07) is 1.77. The molecule has 70 valence electrons. The number of methoxy groups -OCH3 is 1. The van der Waals surface area contributed by atoms with E-state index >= 15 is 0 Å². The Hall–Kier alpha value is -1.29. The molecule has 1 aromatic rings. The van der Waals surface area contributed by atoms with Crippen LogP contribution in [0.5, 0.6) is 5.75 Å². The fraction of sp³-hybridized carbons (Fsp3) is 0.125. The third-order valence-electron chi connectivity index (χ3n) is 1.44. The van der Waals surface area contributed by atoms with E-state index in [9.17, 15) is 9.18 Å². The van der Waals surface area contributed by atoms with Crippen molar-refractivity contribution in [1.82, 2.24) is 0 Å². The van der Waals surface area contributed by atoms with Crippen LogP contribution in [0.3, 0.4) is 0 Å². The van der Waals surface area contributed by atoms with Crippen LogP contribution in [0.4, 0.5) is 4.39 Å².